The standard InChI is InChI=1S/C11H17N3OS2/c1-2-6-12-10-13-14-11(17-10)16-8-9-5-3-4-7-15-9/h2,9H,1,3-8H2,(H,12,13)/t9-/m0/s1. The van der Waals surface area contributed by atoms with Gasteiger partial charge in [0.25, 0.3) is 0 Å². The molecule has 1 aliphatic rings. The number of hydrogen-bond donors (Lipinski definition) is 1. The molecule has 0 saturated carbocycles. The molecule has 0 radical (unpaired) electrons. The van der Waals surface area contributed by atoms with Gasteiger partial charge in [-0.15, -0.1) is 16.8 Å². The first-order valence-corrected chi connectivity index (χ1v) is 7.61. The lowest BCUT2D eigenvalue weighted by atomic mass is 10.1. The normalized spacial score (nSPS) is 20.1. The third-order valence-electron chi connectivity index (χ3n) is 2.47. The molecule has 0 spiro atoms. The Labute approximate surface area is 110 Å². The highest BCUT2D eigenvalue weighted by Gasteiger charge is 2.15. The number of ether oxygens (including phenoxy) is 1. The summed E-state index contributed by atoms with van der Waals surface area (Å²) in [7, 11) is 0. The van der Waals surface area contributed by atoms with Crippen molar-refractivity contribution in [2.45, 2.75) is 29.7 Å². The fourth-order valence-electron chi connectivity index (χ4n) is 1.60. The second-order valence-electron chi connectivity index (χ2n) is 3.84. The van der Waals surface area contributed by atoms with Crippen LogP contribution in [-0.2, 0) is 4.74 Å². The monoisotopic (exact) mass is 271 g/mol. The van der Waals surface area contributed by atoms with Crippen molar-refractivity contribution < 1.29 is 4.74 Å². The fraction of sp³-hybridized carbons (Fsp3) is 0.636. The van der Waals surface area contributed by atoms with Crippen LogP contribution < -0.4 is 5.32 Å². The van der Waals surface area contributed by atoms with Crippen LogP contribution in [0, 0.1) is 0 Å². The minimum Gasteiger partial charge on any atom is -0.377 e. The van der Waals surface area contributed by atoms with Gasteiger partial charge in [0.1, 0.15) is 0 Å². The highest BCUT2D eigenvalue weighted by molar-refractivity contribution is 8.01. The first kappa shape index (κ1) is 12.9. The molecule has 2 rings (SSSR count). The van der Waals surface area contributed by atoms with Crippen molar-refractivity contribution in [2.75, 3.05) is 24.2 Å². The second-order valence-corrected chi connectivity index (χ2v) is 6.09. The zero-order valence-corrected chi connectivity index (χ0v) is 11.4. The Kier molecular flexibility index (Phi) is 5.28. The summed E-state index contributed by atoms with van der Waals surface area (Å²) in [6.45, 7) is 5.29. The third kappa shape index (κ3) is 4.29. The number of rotatable bonds is 6. The van der Waals surface area contributed by atoms with Crippen LogP contribution in [0.5, 0.6) is 0 Å². The van der Waals surface area contributed by atoms with Gasteiger partial charge in [-0.25, -0.2) is 0 Å². The fourth-order valence-corrected chi connectivity index (χ4v) is 3.45. The minimum absolute atomic E-state index is 0.391. The lowest BCUT2D eigenvalue weighted by molar-refractivity contribution is 0.0315. The van der Waals surface area contributed by atoms with Gasteiger partial charge in [-0.3, -0.25) is 0 Å². The zero-order valence-electron chi connectivity index (χ0n) is 9.72. The van der Waals surface area contributed by atoms with Gasteiger partial charge in [0, 0.05) is 18.9 Å². The number of thioether (sulfide) groups is 1. The molecule has 0 bridgehead atoms. The van der Waals surface area contributed by atoms with Crippen molar-refractivity contribution in [1.82, 2.24) is 10.2 Å². The highest BCUT2D eigenvalue weighted by Crippen LogP contribution is 2.28. The lowest BCUT2D eigenvalue weighted by Gasteiger charge is -2.21. The van der Waals surface area contributed by atoms with Gasteiger partial charge >= 0.3 is 0 Å². The van der Waals surface area contributed by atoms with Crippen molar-refractivity contribution in [3.8, 4) is 0 Å². The molecule has 94 valence electrons. The molecule has 0 aliphatic carbocycles. The smallest absolute Gasteiger partial charge is 0.206 e. The first-order chi connectivity index (χ1) is 8.38. The predicted octanol–water partition coefficient (Wildman–Crippen LogP) is 2.80. The van der Waals surface area contributed by atoms with Gasteiger partial charge in [0.15, 0.2) is 4.34 Å². The quantitative estimate of drug-likeness (QED) is 0.637. The van der Waals surface area contributed by atoms with E-state index in [4.69, 9.17) is 4.74 Å². The Morgan fingerprint density at radius 3 is 3.24 bits per heavy atom. The topological polar surface area (TPSA) is 47.0 Å². The van der Waals surface area contributed by atoms with Gasteiger partial charge in [-0.2, -0.15) is 0 Å². The van der Waals surface area contributed by atoms with Crippen LogP contribution in [0.4, 0.5) is 5.13 Å². The first-order valence-electron chi connectivity index (χ1n) is 5.81. The molecular formula is C11H17N3OS2. The van der Waals surface area contributed by atoms with E-state index in [1.54, 1.807) is 23.1 Å². The molecule has 1 N–H and O–H groups in total. The highest BCUT2D eigenvalue weighted by atomic mass is 32.2. The number of anilines is 1. The molecule has 0 aromatic carbocycles. The van der Waals surface area contributed by atoms with Gasteiger partial charge in [-0.05, 0) is 19.3 Å². The maximum Gasteiger partial charge on any atom is 0.206 e. The van der Waals surface area contributed by atoms with Crippen LogP contribution in [0.2, 0.25) is 0 Å². The molecular weight excluding hydrogens is 254 g/mol. The van der Waals surface area contributed by atoms with Crippen LogP contribution in [0.1, 0.15) is 19.3 Å². The summed E-state index contributed by atoms with van der Waals surface area (Å²) in [6.07, 6.45) is 5.86. The summed E-state index contributed by atoms with van der Waals surface area (Å²) in [5.74, 6) is 0.982. The number of nitrogens with one attached hydrogen (secondary N) is 1. The van der Waals surface area contributed by atoms with Crippen LogP contribution in [0.15, 0.2) is 17.0 Å². The second kappa shape index (κ2) is 6.98. The molecule has 1 atom stereocenters. The molecule has 0 amide bonds. The Morgan fingerprint density at radius 1 is 1.53 bits per heavy atom. The van der Waals surface area contributed by atoms with Gasteiger partial charge in [0.05, 0.1) is 6.10 Å². The molecule has 0 unspecified atom stereocenters. The van der Waals surface area contributed by atoms with Crippen molar-refractivity contribution in [1.29, 1.82) is 0 Å². The molecule has 1 aliphatic heterocycles. The van der Waals surface area contributed by atoms with Gasteiger partial charge < -0.3 is 10.1 Å². The third-order valence-corrected chi connectivity index (χ3v) is 4.62. The van der Waals surface area contributed by atoms with E-state index in [1.807, 2.05) is 6.08 Å². The number of nitrogens with zero attached hydrogens (tertiary/aromatic N) is 2. The summed E-state index contributed by atoms with van der Waals surface area (Å²) in [6, 6.07) is 0. The van der Waals surface area contributed by atoms with Crippen LogP contribution in [-0.4, -0.2) is 35.2 Å². The summed E-state index contributed by atoms with van der Waals surface area (Å²) < 4.78 is 6.68. The maximum absolute atomic E-state index is 5.68. The molecule has 6 heteroatoms. The molecule has 1 fully saturated rings. The van der Waals surface area contributed by atoms with Crippen LogP contribution in [0.25, 0.3) is 0 Å². The van der Waals surface area contributed by atoms with E-state index in [9.17, 15) is 0 Å². The van der Waals surface area contributed by atoms with Crippen molar-refractivity contribution in [3.05, 3.63) is 12.7 Å². The lowest BCUT2D eigenvalue weighted by Crippen LogP contribution is -2.21. The number of hydrogen-bond acceptors (Lipinski definition) is 6. The zero-order chi connectivity index (χ0) is 11.9. The van der Waals surface area contributed by atoms with Crippen molar-refractivity contribution >= 4 is 28.2 Å². The summed E-state index contributed by atoms with van der Waals surface area (Å²) in [4.78, 5) is 0. The summed E-state index contributed by atoms with van der Waals surface area (Å²) in [5, 5.41) is 12.2. The largest absolute Gasteiger partial charge is 0.377 e. The predicted molar refractivity (Wildman–Crippen MR) is 72.9 cm³/mol. The molecule has 17 heavy (non-hydrogen) atoms. The molecule has 1 aromatic heterocycles. The maximum atomic E-state index is 5.68. The minimum atomic E-state index is 0.391. The molecule has 2 heterocycles. The molecule has 1 aromatic rings. The van der Waals surface area contributed by atoms with E-state index in [0.29, 0.717) is 6.10 Å². The Bertz CT molecular complexity index is 350. The van der Waals surface area contributed by atoms with E-state index in [2.05, 4.69) is 22.1 Å². The Hall–Kier alpha value is -0.590. The van der Waals surface area contributed by atoms with E-state index in [0.717, 1.165) is 28.4 Å². The van der Waals surface area contributed by atoms with E-state index >= 15 is 0 Å². The average molecular weight is 271 g/mol. The van der Waals surface area contributed by atoms with E-state index in [1.165, 1.54) is 19.3 Å². The van der Waals surface area contributed by atoms with Crippen LogP contribution >= 0.6 is 23.1 Å². The van der Waals surface area contributed by atoms with Crippen molar-refractivity contribution in [2.24, 2.45) is 0 Å². The Morgan fingerprint density at radius 2 is 2.47 bits per heavy atom. The van der Waals surface area contributed by atoms with Gasteiger partial charge in [-0.1, -0.05) is 29.2 Å². The number of aromatic nitrogens is 2. The SMILES string of the molecule is C=CCNc1nnc(SC[C@@H]2CCCCO2)s1. The van der Waals surface area contributed by atoms with E-state index in [-0.39, 0.29) is 0 Å². The Balaban J connectivity index is 1.74. The summed E-state index contributed by atoms with van der Waals surface area (Å²) >= 11 is 3.32. The van der Waals surface area contributed by atoms with Crippen molar-refractivity contribution in [3.63, 3.8) is 0 Å². The molecule has 4 nitrogen and oxygen atoms in total. The van der Waals surface area contributed by atoms with E-state index < -0.39 is 0 Å². The summed E-state index contributed by atoms with van der Waals surface area (Å²) in [5.41, 5.74) is 0. The van der Waals surface area contributed by atoms with Crippen LogP contribution in [0.3, 0.4) is 0 Å². The average Bonchev–Trinajstić information content (AvgIpc) is 2.83. The van der Waals surface area contributed by atoms with Gasteiger partial charge in [0.2, 0.25) is 5.13 Å². The molecule has 1 saturated heterocycles.